The Balaban J connectivity index is 1.32. The van der Waals surface area contributed by atoms with E-state index < -0.39 is 12.0 Å². The second kappa shape index (κ2) is 11.9. The highest BCUT2D eigenvalue weighted by Crippen LogP contribution is 2.27. The highest BCUT2D eigenvalue weighted by molar-refractivity contribution is 7.13. The van der Waals surface area contributed by atoms with Gasteiger partial charge in [0.05, 0.1) is 18.9 Å². The third-order valence-corrected chi connectivity index (χ3v) is 6.40. The van der Waals surface area contributed by atoms with E-state index in [0.29, 0.717) is 22.0 Å². The van der Waals surface area contributed by atoms with Gasteiger partial charge in [-0.25, -0.2) is 13.8 Å². The number of hydrogen-bond donors (Lipinski definition) is 1. The average Bonchev–Trinajstić information content (AvgIpc) is 3.00. The van der Waals surface area contributed by atoms with Crippen LogP contribution in [0.5, 0.6) is 0 Å². The Hall–Kier alpha value is -1.08. The zero-order valence-corrected chi connectivity index (χ0v) is 18.2. The molecular formula is C22H29ClF2N2OS. The minimum Gasteiger partial charge on any atom is -0.372 e. The monoisotopic (exact) mass is 442 g/mol. The lowest BCUT2D eigenvalue weighted by atomic mass is 9.96. The molecule has 3 rings (SSSR count). The summed E-state index contributed by atoms with van der Waals surface area (Å²) in [6, 6.07) is 4.34. The fraction of sp³-hybridized carbons (Fsp3) is 0.591. The number of unbranched alkanes of at least 4 members (excludes halogenated alkanes) is 1. The molecule has 1 aromatic carbocycles. The van der Waals surface area contributed by atoms with Crippen molar-refractivity contribution >= 4 is 22.9 Å². The van der Waals surface area contributed by atoms with Crippen LogP contribution in [0.15, 0.2) is 23.6 Å². The second-order valence-corrected chi connectivity index (χ2v) is 9.06. The van der Waals surface area contributed by atoms with Gasteiger partial charge in [-0.1, -0.05) is 30.9 Å². The standard InChI is InChI=1S/C22H29ClF2N2OS/c23-18-9-17(10-20(25)11-18)22-27-21(15-29-22)14-28-13-19(24)7-2-1-5-16-6-3-4-8-26-12-16/h9-11,15-16,19,26H,1-8,12-14H2. The maximum Gasteiger partial charge on any atom is 0.125 e. The maximum atomic E-state index is 14.1. The van der Waals surface area contributed by atoms with Gasteiger partial charge >= 0.3 is 0 Å². The molecule has 0 aliphatic carbocycles. The summed E-state index contributed by atoms with van der Waals surface area (Å²) in [5, 5.41) is 6.35. The molecular weight excluding hydrogens is 414 g/mol. The molecule has 160 valence electrons. The van der Waals surface area contributed by atoms with Gasteiger partial charge in [-0.05, 0) is 62.9 Å². The Kier molecular flexibility index (Phi) is 9.31. The topological polar surface area (TPSA) is 34.1 Å². The highest BCUT2D eigenvalue weighted by atomic mass is 35.5. The fourth-order valence-corrected chi connectivity index (χ4v) is 4.71. The lowest BCUT2D eigenvalue weighted by Crippen LogP contribution is -2.20. The Bertz CT molecular complexity index is 730. The molecule has 1 aliphatic rings. The van der Waals surface area contributed by atoms with Gasteiger partial charge in [0.25, 0.3) is 0 Å². The number of nitrogens with zero attached hydrogens (tertiary/aromatic N) is 1. The fourth-order valence-electron chi connectivity index (χ4n) is 3.69. The minimum atomic E-state index is -0.942. The first-order valence-electron chi connectivity index (χ1n) is 10.4. The quantitative estimate of drug-likeness (QED) is 0.432. The predicted molar refractivity (Wildman–Crippen MR) is 116 cm³/mol. The number of nitrogens with one attached hydrogen (secondary N) is 1. The lowest BCUT2D eigenvalue weighted by Gasteiger charge is -2.14. The van der Waals surface area contributed by atoms with Crippen LogP contribution in [0, 0.1) is 11.7 Å². The molecule has 2 atom stereocenters. The molecule has 2 unspecified atom stereocenters. The number of alkyl halides is 1. The first kappa shape index (κ1) is 22.6. The largest absolute Gasteiger partial charge is 0.372 e. The molecule has 0 amide bonds. The van der Waals surface area contributed by atoms with Crippen LogP contribution in [0.3, 0.4) is 0 Å². The predicted octanol–water partition coefficient (Wildman–Crippen LogP) is 6.41. The van der Waals surface area contributed by atoms with Crippen LogP contribution in [0.4, 0.5) is 8.78 Å². The van der Waals surface area contributed by atoms with E-state index in [-0.39, 0.29) is 13.2 Å². The summed E-state index contributed by atoms with van der Waals surface area (Å²) in [6.07, 6.45) is 6.66. The van der Waals surface area contributed by atoms with Crippen LogP contribution in [0.1, 0.15) is 50.6 Å². The zero-order chi connectivity index (χ0) is 20.5. The molecule has 29 heavy (non-hydrogen) atoms. The summed E-state index contributed by atoms with van der Waals surface area (Å²) in [5.74, 6) is 0.356. The van der Waals surface area contributed by atoms with Gasteiger partial charge in [-0.2, -0.15) is 0 Å². The van der Waals surface area contributed by atoms with E-state index in [2.05, 4.69) is 10.3 Å². The molecule has 1 fully saturated rings. The van der Waals surface area contributed by atoms with Crippen LogP contribution in [0.25, 0.3) is 10.6 Å². The van der Waals surface area contributed by atoms with Crippen LogP contribution in [0.2, 0.25) is 5.02 Å². The summed E-state index contributed by atoms with van der Waals surface area (Å²) in [5.41, 5.74) is 1.36. The van der Waals surface area contributed by atoms with Gasteiger partial charge in [0.2, 0.25) is 0 Å². The van der Waals surface area contributed by atoms with E-state index >= 15 is 0 Å². The lowest BCUT2D eigenvalue weighted by molar-refractivity contribution is 0.0639. The summed E-state index contributed by atoms with van der Waals surface area (Å²) < 4.78 is 33.1. The van der Waals surface area contributed by atoms with E-state index in [9.17, 15) is 8.78 Å². The number of halogens is 3. The second-order valence-electron chi connectivity index (χ2n) is 7.76. The zero-order valence-electron chi connectivity index (χ0n) is 16.6. The maximum absolute atomic E-state index is 14.1. The summed E-state index contributed by atoms with van der Waals surface area (Å²) in [7, 11) is 0. The third kappa shape index (κ3) is 7.93. The van der Waals surface area contributed by atoms with E-state index in [1.807, 2.05) is 5.38 Å². The van der Waals surface area contributed by atoms with Crippen molar-refractivity contribution in [3.05, 3.63) is 40.1 Å². The van der Waals surface area contributed by atoms with Gasteiger partial charge in [0, 0.05) is 16.0 Å². The molecule has 3 nitrogen and oxygen atoms in total. The van der Waals surface area contributed by atoms with Crippen LogP contribution >= 0.6 is 22.9 Å². The van der Waals surface area contributed by atoms with Crippen LogP contribution < -0.4 is 5.32 Å². The molecule has 1 aliphatic heterocycles. The molecule has 0 saturated carbocycles. The van der Waals surface area contributed by atoms with Crippen molar-refractivity contribution in [2.75, 3.05) is 19.7 Å². The van der Waals surface area contributed by atoms with Gasteiger partial charge in [-0.15, -0.1) is 11.3 Å². The van der Waals surface area contributed by atoms with E-state index in [0.717, 1.165) is 37.5 Å². The van der Waals surface area contributed by atoms with Crippen LogP contribution in [-0.4, -0.2) is 30.9 Å². The van der Waals surface area contributed by atoms with E-state index in [4.69, 9.17) is 16.3 Å². The molecule has 1 saturated heterocycles. The number of aromatic nitrogens is 1. The number of thiazole rings is 1. The Labute approximate surface area is 180 Å². The normalized spacial score (nSPS) is 18.5. The van der Waals surface area contributed by atoms with Crippen LogP contribution in [-0.2, 0) is 11.3 Å². The number of rotatable bonds is 10. The Morgan fingerprint density at radius 1 is 1.28 bits per heavy atom. The van der Waals surface area contributed by atoms with Crippen molar-refractivity contribution in [2.45, 2.75) is 57.7 Å². The smallest absolute Gasteiger partial charge is 0.125 e. The molecule has 1 N–H and O–H groups in total. The number of hydrogen-bond acceptors (Lipinski definition) is 4. The summed E-state index contributed by atoms with van der Waals surface area (Å²) >= 11 is 7.29. The van der Waals surface area contributed by atoms with Gasteiger partial charge in [-0.3, -0.25) is 0 Å². The van der Waals surface area contributed by atoms with E-state index in [1.54, 1.807) is 6.07 Å². The van der Waals surface area contributed by atoms with Crippen molar-refractivity contribution in [1.82, 2.24) is 10.3 Å². The molecule has 2 heterocycles. The molecule has 1 aromatic heterocycles. The van der Waals surface area contributed by atoms with E-state index in [1.165, 1.54) is 49.2 Å². The molecule has 0 radical (unpaired) electrons. The molecule has 0 bridgehead atoms. The molecule has 7 heteroatoms. The molecule has 0 spiro atoms. The van der Waals surface area contributed by atoms with Crippen molar-refractivity contribution in [1.29, 1.82) is 0 Å². The summed E-state index contributed by atoms with van der Waals surface area (Å²) in [6.45, 7) is 2.59. The van der Waals surface area contributed by atoms with Gasteiger partial charge in [0.1, 0.15) is 17.0 Å². The highest BCUT2D eigenvalue weighted by Gasteiger charge is 2.13. The third-order valence-electron chi connectivity index (χ3n) is 5.24. The van der Waals surface area contributed by atoms with Crippen molar-refractivity contribution in [3.8, 4) is 10.6 Å². The van der Waals surface area contributed by atoms with Crippen molar-refractivity contribution in [2.24, 2.45) is 5.92 Å². The first-order valence-corrected chi connectivity index (χ1v) is 11.7. The molecule has 2 aromatic rings. The Morgan fingerprint density at radius 3 is 3.03 bits per heavy atom. The minimum absolute atomic E-state index is 0.0869. The number of ether oxygens (including phenoxy) is 1. The number of benzene rings is 1. The van der Waals surface area contributed by atoms with Gasteiger partial charge < -0.3 is 10.1 Å². The van der Waals surface area contributed by atoms with Crippen molar-refractivity contribution < 1.29 is 13.5 Å². The Morgan fingerprint density at radius 2 is 2.17 bits per heavy atom. The SMILES string of the molecule is Fc1cc(Cl)cc(-c2nc(COCC(F)CCCCC3CCCCNC3)cs2)c1. The van der Waals surface area contributed by atoms with Gasteiger partial charge in [0.15, 0.2) is 0 Å². The average molecular weight is 443 g/mol. The van der Waals surface area contributed by atoms with Crippen molar-refractivity contribution in [3.63, 3.8) is 0 Å². The summed E-state index contributed by atoms with van der Waals surface area (Å²) in [4.78, 5) is 4.43. The first-order chi connectivity index (χ1) is 14.1.